The molecule has 3 aliphatic rings. The molecule has 2 fully saturated rings. The fourth-order valence-corrected chi connectivity index (χ4v) is 8.45. The van der Waals surface area contributed by atoms with Crippen molar-refractivity contribution in [1.29, 1.82) is 0 Å². The SMILES string of the molecule is COc1nc(O[C@H]2CCc3c(-c4cccc(C(=O)Nc5ccc(CN6CC[C@@](C)(C(=O)O)C6)cn5)c4Cl)cccc32)c(Cl)cc1CN1CC[C@@](C)(C(=O)O)C1. The number of nitrogens with zero attached hydrogens (tertiary/aromatic N) is 4. The molecule has 4 heterocycles. The molecule has 3 atom stereocenters. The number of amides is 1. The second-order valence-corrected chi connectivity index (χ2v) is 16.1. The summed E-state index contributed by atoms with van der Waals surface area (Å²) >= 11 is 13.7. The van der Waals surface area contributed by atoms with Crippen LogP contribution in [0.5, 0.6) is 11.8 Å². The first-order valence-corrected chi connectivity index (χ1v) is 19.0. The number of rotatable bonds is 12. The van der Waals surface area contributed by atoms with Crippen molar-refractivity contribution < 1.29 is 34.1 Å². The molecular formula is C41H43Cl2N5O7. The fourth-order valence-electron chi connectivity index (χ4n) is 7.91. The molecule has 0 saturated carbocycles. The van der Waals surface area contributed by atoms with E-state index in [2.05, 4.69) is 25.1 Å². The summed E-state index contributed by atoms with van der Waals surface area (Å²) in [5.41, 5.74) is 4.09. The molecule has 4 aromatic rings. The molecule has 7 rings (SSSR count). The molecule has 0 radical (unpaired) electrons. The Hall–Kier alpha value is -4.75. The van der Waals surface area contributed by atoms with Gasteiger partial charge in [0.05, 0.1) is 28.5 Å². The monoisotopic (exact) mass is 787 g/mol. The van der Waals surface area contributed by atoms with Gasteiger partial charge >= 0.3 is 11.9 Å². The lowest BCUT2D eigenvalue weighted by Gasteiger charge is -2.22. The quantitative estimate of drug-likeness (QED) is 0.132. The Morgan fingerprint density at radius 3 is 2.22 bits per heavy atom. The van der Waals surface area contributed by atoms with Crippen molar-refractivity contribution in [2.45, 2.75) is 58.7 Å². The first kappa shape index (κ1) is 38.5. The highest BCUT2D eigenvalue weighted by Crippen LogP contribution is 2.44. The number of fused-ring (bicyclic) bond motifs is 1. The van der Waals surface area contributed by atoms with Crippen LogP contribution in [0, 0.1) is 10.8 Å². The number of hydrogen-bond acceptors (Lipinski definition) is 9. The van der Waals surface area contributed by atoms with Gasteiger partial charge in [-0.3, -0.25) is 24.2 Å². The Balaban J connectivity index is 1.03. The number of likely N-dealkylation sites (tertiary alicyclic amines) is 2. The minimum Gasteiger partial charge on any atom is -0.481 e. The Kier molecular flexibility index (Phi) is 10.8. The predicted molar refractivity (Wildman–Crippen MR) is 208 cm³/mol. The van der Waals surface area contributed by atoms with Crippen LogP contribution in [0.3, 0.4) is 0 Å². The van der Waals surface area contributed by atoms with Crippen LogP contribution in [-0.4, -0.2) is 81.1 Å². The maximum Gasteiger partial charge on any atom is 0.310 e. The van der Waals surface area contributed by atoms with Crippen LogP contribution < -0.4 is 14.8 Å². The molecule has 2 aromatic carbocycles. The van der Waals surface area contributed by atoms with Gasteiger partial charge in [-0.1, -0.05) is 59.6 Å². The fraction of sp³-hybridized carbons (Fsp3) is 0.390. The number of hydrogen-bond donors (Lipinski definition) is 3. The summed E-state index contributed by atoms with van der Waals surface area (Å²) < 4.78 is 12.1. The second kappa shape index (κ2) is 15.4. The number of carboxylic acid groups (broad SMARTS) is 2. The summed E-state index contributed by atoms with van der Waals surface area (Å²) in [5, 5.41) is 22.7. The molecule has 2 aromatic heterocycles. The number of ether oxygens (including phenoxy) is 2. The van der Waals surface area contributed by atoms with Crippen LogP contribution in [0.25, 0.3) is 11.1 Å². The topological polar surface area (TPSA) is 154 Å². The van der Waals surface area contributed by atoms with E-state index in [0.29, 0.717) is 92.3 Å². The molecule has 12 nitrogen and oxygen atoms in total. The van der Waals surface area contributed by atoms with Crippen molar-refractivity contribution in [2.75, 3.05) is 38.6 Å². The number of carboxylic acids is 2. The molecule has 1 amide bonds. The molecule has 2 saturated heterocycles. The lowest BCUT2D eigenvalue weighted by atomic mass is 9.90. The van der Waals surface area contributed by atoms with E-state index in [9.17, 15) is 24.6 Å². The third-order valence-corrected chi connectivity index (χ3v) is 11.9. The van der Waals surface area contributed by atoms with Crippen LogP contribution in [-0.2, 0) is 29.1 Å². The molecule has 0 bridgehead atoms. The van der Waals surface area contributed by atoms with Crippen LogP contribution in [0.4, 0.5) is 5.82 Å². The molecule has 288 valence electrons. The lowest BCUT2D eigenvalue weighted by Crippen LogP contribution is -2.31. The van der Waals surface area contributed by atoms with E-state index in [4.69, 9.17) is 32.7 Å². The number of methoxy groups -OCH3 is 1. The van der Waals surface area contributed by atoms with E-state index in [0.717, 1.165) is 33.4 Å². The van der Waals surface area contributed by atoms with E-state index in [1.165, 1.54) is 7.11 Å². The largest absolute Gasteiger partial charge is 0.481 e. The first-order chi connectivity index (χ1) is 26.3. The Morgan fingerprint density at radius 2 is 1.58 bits per heavy atom. The van der Waals surface area contributed by atoms with Gasteiger partial charge in [0.15, 0.2) is 0 Å². The van der Waals surface area contributed by atoms with Gasteiger partial charge < -0.3 is 25.0 Å². The van der Waals surface area contributed by atoms with E-state index < -0.39 is 28.7 Å². The standard InChI is InChI=1S/C41H43Cl2N5O7/c1-40(38(50)51)14-16-47(22-40)20-24-10-13-33(44-19-24)45-35(49)30-9-5-8-29(34(30)43)26-6-4-7-28-27(26)11-12-32(28)55-37-31(42)18-25(36(46-37)54-3)21-48-17-15-41(2,23-48)39(52)53/h4-10,13,18-19,32H,11-12,14-17,20-23H2,1-3H3,(H,50,51)(H,52,53)(H,44,45,49)/t32-,40+,41+/m0/s1. The Morgan fingerprint density at radius 1 is 0.909 bits per heavy atom. The zero-order valence-corrected chi connectivity index (χ0v) is 32.4. The van der Waals surface area contributed by atoms with Crippen LogP contribution in [0.2, 0.25) is 10.0 Å². The molecule has 55 heavy (non-hydrogen) atoms. The number of carbonyl (C=O) groups excluding carboxylic acids is 1. The van der Waals surface area contributed by atoms with E-state index in [1.807, 2.05) is 30.3 Å². The van der Waals surface area contributed by atoms with Gasteiger partial charge in [-0.25, -0.2) is 4.98 Å². The number of benzene rings is 2. The smallest absolute Gasteiger partial charge is 0.310 e. The van der Waals surface area contributed by atoms with Crippen molar-refractivity contribution in [1.82, 2.24) is 19.8 Å². The number of carbonyl (C=O) groups is 3. The number of aromatic nitrogens is 2. The number of pyridine rings is 2. The Labute approximate surface area is 329 Å². The van der Waals surface area contributed by atoms with E-state index in [-0.39, 0.29) is 12.0 Å². The van der Waals surface area contributed by atoms with Crippen molar-refractivity contribution in [3.05, 3.63) is 98.7 Å². The minimum absolute atomic E-state index is 0.248. The van der Waals surface area contributed by atoms with Crippen molar-refractivity contribution in [3.8, 4) is 22.9 Å². The van der Waals surface area contributed by atoms with Crippen molar-refractivity contribution >= 4 is 46.9 Å². The van der Waals surface area contributed by atoms with Gasteiger partial charge in [0, 0.05) is 43.5 Å². The third-order valence-electron chi connectivity index (χ3n) is 11.2. The minimum atomic E-state index is -0.804. The summed E-state index contributed by atoms with van der Waals surface area (Å²) in [6.45, 7) is 6.79. The van der Waals surface area contributed by atoms with Gasteiger partial charge in [-0.2, -0.15) is 4.98 Å². The van der Waals surface area contributed by atoms with Gasteiger partial charge in [0.1, 0.15) is 16.9 Å². The summed E-state index contributed by atoms with van der Waals surface area (Å²) in [5.74, 6) is -0.983. The number of halogens is 2. The second-order valence-electron chi connectivity index (χ2n) is 15.3. The van der Waals surface area contributed by atoms with Crippen LogP contribution in [0.1, 0.15) is 71.8 Å². The van der Waals surface area contributed by atoms with Gasteiger partial charge in [0.2, 0.25) is 11.8 Å². The number of anilines is 1. The van der Waals surface area contributed by atoms with Gasteiger partial charge in [-0.05, 0) is 93.1 Å². The molecule has 2 aliphatic heterocycles. The number of aliphatic carboxylic acids is 2. The van der Waals surface area contributed by atoms with Crippen molar-refractivity contribution in [2.24, 2.45) is 10.8 Å². The highest BCUT2D eigenvalue weighted by molar-refractivity contribution is 6.37. The molecule has 14 heteroatoms. The van der Waals surface area contributed by atoms with Gasteiger partial charge in [-0.15, -0.1) is 0 Å². The zero-order chi connectivity index (χ0) is 39.1. The Bertz CT molecular complexity index is 2150. The molecule has 0 unspecified atom stereocenters. The first-order valence-electron chi connectivity index (χ1n) is 18.3. The van der Waals surface area contributed by atoms with E-state index in [1.54, 1.807) is 44.3 Å². The van der Waals surface area contributed by atoms with Crippen LogP contribution >= 0.6 is 23.2 Å². The highest BCUT2D eigenvalue weighted by atomic mass is 35.5. The van der Waals surface area contributed by atoms with Gasteiger partial charge in [0.25, 0.3) is 5.91 Å². The average Bonchev–Trinajstić information content (AvgIpc) is 3.87. The predicted octanol–water partition coefficient (Wildman–Crippen LogP) is 7.37. The normalized spacial score (nSPS) is 22.4. The number of nitrogens with one attached hydrogen (secondary N) is 1. The summed E-state index contributed by atoms with van der Waals surface area (Å²) in [6, 6.07) is 16.7. The van der Waals surface area contributed by atoms with Crippen molar-refractivity contribution in [3.63, 3.8) is 0 Å². The maximum absolute atomic E-state index is 13.5. The average molecular weight is 789 g/mol. The summed E-state index contributed by atoms with van der Waals surface area (Å²) in [6.07, 6.45) is 3.89. The molecule has 3 N–H and O–H groups in total. The highest BCUT2D eigenvalue weighted by Gasteiger charge is 2.41. The van der Waals surface area contributed by atoms with E-state index >= 15 is 0 Å². The molecular weight excluding hydrogens is 745 g/mol. The summed E-state index contributed by atoms with van der Waals surface area (Å²) in [7, 11) is 1.53. The lowest BCUT2D eigenvalue weighted by molar-refractivity contribution is -0.148. The molecule has 1 aliphatic carbocycles. The van der Waals surface area contributed by atoms with Crippen LogP contribution in [0.15, 0.2) is 60.8 Å². The maximum atomic E-state index is 13.5. The molecule has 0 spiro atoms. The zero-order valence-electron chi connectivity index (χ0n) is 30.9. The summed E-state index contributed by atoms with van der Waals surface area (Å²) in [4.78, 5) is 50.1. The third kappa shape index (κ3) is 7.86.